The van der Waals surface area contributed by atoms with E-state index in [1.807, 2.05) is 30.3 Å². The van der Waals surface area contributed by atoms with E-state index in [1.54, 1.807) is 11.6 Å². The van der Waals surface area contributed by atoms with Crippen LogP contribution < -0.4 is 5.32 Å². The van der Waals surface area contributed by atoms with E-state index in [0.717, 1.165) is 5.56 Å². The number of aliphatic carboxylic acids is 1. The maximum atomic E-state index is 12.7. The molecule has 10 nitrogen and oxygen atoms in total. The minimum Gasteiger partial charge on any atom is -0.477 e. The maximum Gasteiger partial charge on any atom is 0.352 e. The van der Waals surface area contributed by atoms with Crippen LogP contribution in [-0.4, -0.2) is 73.5 Å². The molecule has 1 saturated heterocycles. The van der Waals surface area contributed by atoms with Crippen molar-refractivity contribution < 1.29 is 29.0 Å². The number of carbonyl (C=O) groups is 4. The second-order valence-electron chi connectivity index (χ2n) is 7.06. The third-order valence-electron chi connectivity index (χ3n) is 4.83. The van der Waals surface area contributed by atoms with Gasteiger partial charge in [0.2, 0.25) is 0 Å². The largest absolute Gasteiger partial charge is 0.477 e. The Kier molecular flexibility index (Phi) is 7.65. The molecule has 176 valence electrons. The summed E-state index contributed by atoms with van der Waals surface area (Å²) in [5, 5.41) is 19.4. The molecule has 4 rings (SSSR count). The Morgan fingerprint density at radius 2 is 2.09 bits per heavy atom. The van der Waals surface area contributed by atoms with Gasteiger partial charge in [0, 0.05) is 17.6 Å². The minimum atomic E-state index is -1.20. The number of nitrogens with zero attached hydrogens (tertiary/aromatic N) is 3. The molecule has 2 amide bonds. The van der Waals surface area contributed by atoms with E-state index in [4.69, 9.17) is 4.74 Å². The van der Waals surface area contributed by atoms with Crippen molar-refractivity contribution >= 4 is 64.7 Å². The van der Waals surface area contributed by atoms with Gasteiger partial charge in [0.05, 0.1) is 0 Å². The Balaban J connectivity index is 1.31. The van der Waals surface area contributed by atoms with Crippen molar-refractivity contribution in [3.8, 4) is 0 Å². The molecule has 1 aromatic heterocycles. The first-order valence-corrected chi connectivity index (χ1v) is 12.8. The average molecular weight is 519 g/mol. The van der Waals surface area contributed by atoms with E-state index in [0.29, 0.717) is 21.4 Å². The van der Waals surface area contributed by atoms with Gasteiger partial charge in [0.15, 0.2) is 10.9 Å². The molecule has 3 heterocycles. The Morgan fingerprint density at radius 1 is 1.29 bits per heavy atom. The first kappa shape index (κ1) is 24.0. The van der Waals surface area contributed by atoms with Crippen molar-refractivity contribution in [2.45, 2.75) is 15.8 Å². The summed E-state index contributed by atoms with van der Waals surface area (Å²) in [6.45, 7) is -0.551. The molecule has 0 aliphatic carbocycles. The normalized spacial score (nSPS) is 19.5. The number of carboxylic acids is 1. The number of esters is 1. The number of aromatic nitrogens is 2. The molecule has 1 aromatic carbocycles. The summed E-state index contributed by atoms with van der Waals surface area (Å²) in [4.78, 5) is 49.8. The van der Waals surface area contributed by atoms with Crippen LogP contribution in [-0.2, 0) is 23.9 Å². The summed E-state index contributed by atoms with van der Waals surface area (Å²) in [6.07, 6.45) is 2.77. The van der Waals surface area contributed by atoms with Gasteiger partial charge in [-0.3, -0.25) is 14.5 Å². The van der Waals surface area contributed by atoms with Gasteiger partial charge >= 0.3 is 11.9 Å². The summed E-state index contributed by atoms with van der Waals surface area (Å²) in [5.41, 5.74) is 2.94. The van der Waals surface area contributed by atoms with Crippen LogP contribution >= 0.6 is 34.9 Å². The molecule has 0 spiro atoms. The number of rotatable bonds is 9. The van der Waals surface area contributed by atoms with Crippen LogP contribution in [0.4, 0.5) is 0 Å². The predicted molar refractivity (Wildman–Crippen MR) is 127 cm³/mol. The van der Waals surface area contributed by atoms with Gasteiger partial charge in [-0.25, -0.2) is 9.59 Å². The number of ether oxygens (including phenoxy) is 1. The first-order valence-electron chi connectivity index (χ1n) is 9.92. The Morgan fingerprint density at radius 3 is 2.79 bits per heavy atom. The number of fused-ring (bicyclic) bond motifs is 1. The van der Waals surface area contributed by atoms with Gasteiger partial charge in [-0.1, -0.05) is 53.4 Å². The van der Waals surface area contributed by atoms with Crippen molar-refractivity contribution in [2.24, 2.45) is 0 Å². The standard InChI is InChI=1S/C21H18N4O6S3/c26-14(8-31-15(27)7-6-12-4-2-1-3-5-12)23-16-18(28)25-17(20(29)30)13(9-32-19(16)25)10-33-21-24-22-11-34-21/h1-7,11,16,19H,8-10H2,(H,23,26)(H,29,30)/t16?,19-/m1/s1. The highest BCUT2D eigenvalue weighted by molar-refractivity contribution is 8.01. The van der Waals surface area contributed by atoms with Crippen LogP contribution in [0.1, 0.15) is 5.56 Å². The van der Waals surface area contributed by atoms with Crippen molar-refractivity contribution in [2.75, 3.05) is 18.1 Å². The summed E-state index contributed by atoms with van der Waals surface area (Å²) in [6, 6.07) is 8.24. The molecule has 2 N–H and O–H groups in total. The highest BCUT2D eigenvalue weighted by atomic mass is 32.2. The smallest absolute Gasteiger partial charge is 0.352 e. The number of carboxylic acid groups (broad SMARTS) is 1. The molecule has 2 aromatic rings. The Hall–Kier alpha value is -3.16. The molecule has 0 bridgehead atoms. The maximum absolute atomic E-state index is 12.7. The van der Waals surface area contributed by atoms with Gasteiger partial charge in [0.25, 0.3) is 11.8 Å². The fraction of sp³-hybridized carbons (Fsp3) is 0.238. The monoisotopic (exact) mass is 518 g/mol. The second-order valence-corrected chi connectivity index (χ2v) is 10.2. The highest BCUT2D eigenvalue weighted by Gasteiger charge is 2.54. The lowest BCUT2D eigenvalue weighted by atomic mass is 10.0. The summed E-state index contributed by atoms with van der Waals surface area (Å²) >= 11 is 4.07. The van der Waals surface area contributed by atoms with Gasteiger partial charge in [-0.2, -0.15) is 0 Å². The molecule has 34 heavy (non-hydrogen) atoms. The van der Waals surface area contributed by atoms with Crippen LogP contribution in [0.2, 0.25) is 0 Å². The Labute approximate surface area is 206 Å². The number of benzene rings is 1. The van der Waals surface area contributed by atoms with Crippen LogP contribution in [0, 0.1) is 0 Å². The van der Waals surface area contributed by atoms with Gasteiger partial charge < -0.3 is 15.2 Å². The van der Waals surface area contributed by atoms with Crippen LogP contribution in [0.3, 0.4) is 0 Å². The fourth-order valence-electron chi connectivity index (χ4n) is 3.30. The van der Waals surface area contributed by atoms with E-state index in [1.165, 1.54) is 45.8 Å². The van der Waals surface area contributed by atoms with Crippen molar-refractivity contribution in [3.63, 3.8) is 0 Å². The third-order valence-corrected chi connectivity index (χ3v) is 8.12. The number of β-lactam (4-membered cyclic amide) rings is 1. The summed E-state index contributed by atoms with van der Waals surface area (Å²) < 4.78 is 5.63. The van der Waals surface area contributed by atoms with E-state index in [2.05, 4.69) is 15.5 Å². The minimum absolute atomic E-state index is 0.0614. The molecule has 2 aliphatic rings. The van der Waals surface area contributed by atoms with Gasteiger partial charge in [-0.05, 0) is 17.2 Å². The SMILES string of the molecule is O=C(COC(=O)C=Cc1ccccc1)NC1C(=O)N2C(C(=O)O)=C(CSc3nncs3)CS[C@H]12. The molecular weight excluding hydrogens is 500 g/mol. The van der Waals surface area contributed by atoms with Crippen LogP contribution in [0.25, 0.3) is 6.08 Å². The van der Waals surface area contributed by atoms with E-state index >= 15 is 0 Å². The van der Waals surface area contributed by atoms with Crippen LogP contribution in [0.5, 0.6) is 0 Å². The molecule has 1 fully saturated rings. The number of hydrogen-bond donors (Lipinski definition) is 2. The average Bonchev–Trinajstić information content (AvgIpc) is 3.37. The first-order chi connectivity index (χ1) is 16.4. The molecule has 2 aliphatic heterocycles. The molecule has 1 unspecified atom stereocenters. The van der Waals surface area contributed by atoms with E-state index in [-0.39, 0.29) is 5.70 Å². The Bertz CT molecular complexity index is 1150. The lowest BCUT2D eigenvalue weighted by Crippen LogP contribution is -2.70. The highest BCUT2D eigenvalue weighted by Crippen LogP contribution is 2.41. The summed E-state index contributed by atoms with van der Waals surface area (Å²) in [7, 11) is 0. The van der Waals surface area contributed by atoms with Crippen LogP contribution in [0.15, 0.2) is 57.5 Å². The number of nitrogens with one attached hydrogen (secondary N) is 1. The molecular formula is C21H18N4O6S3. The number of thioether (sulfide) groups is 2. The molecule has 2 atom stereocenters. The second kappa shape index (κ2) is 10.8. The number of carbonyl (C=O) groups excluding carboxylic acids is 3. The quantitative estimate of drug-likeness (QED) is 0.218. The topological polar surface area (TPSA) is 139 Å². The number of amides is 2. The third kappa shape index (κ3) is 5.48. The predicted octanol–water partition coefficient (Wildman–Crippen LogP) is 1.63. The zero-order valence-electron chi connectivity index (χ0n) is 17.4. The lowest BCUT2D eigenvalue weighted by molar-refractivity contribution is -0.152. The van der Waals surface area contributed by atoms with Crippen molar-refractivity contribution in [1.29, 1.82) is 0 Å². The molecule has 0 radical (unpaired) electrons. The lowest BCUT2D eigenvalue weighted by Gasteiger charge is -2.49. The zero-order valence-corrected chi connectivity index (χ0v) is 19.9. The van der Waals surface area contributed by atoms with E-state index < -0.39 is 41.8 Å². The van der Waals surface area contributed by atoms with E-state index in [9.17, 15) is 24.3 Å². The summed E-state index contributed by atoms with van der Waals surface area (Å²) in [5.74, 6) is -2.29. The zero-order chi connectivity index (χ0) is 24.1. The molecule has 0 saturated carbocycles. The van der Waals surface area contributed by atoms with Crippen molar-refractivity contribution in [3.05, 3.63) is 58.8 Å². The number of hydrogen-bond acceptors (Lipinski definition) is 10. The van der Waals surface area contributed by atoms with Gasteiger partial charge in [-0.15, -0.1) is 22.0 Å². The van der Waals surface area contributed by atoms with Gasteiger partial charge in [0.1, 0.15) is 22.6 Å². The molecule has 13 heteroatoms. The fourth-order valence-corrected chi connectivity index (χ4v) is 6.27. The van der Waals surface area contributed by atoms with Crippen molar-refractivity contribution in [1.82, 2.24) is 20.4 Å².